The summed E-state index contributed by atoms with van der Waals surface area (Å²) in [7, 11) is 0. The topological polar surface area (TPSA) is 34.1 Å². The van der Waals surface area contributed by atoms with Gasteiger partial charge in [-0.2, -0.15) is 0 Å². The SMILES string of the molecule is CC(=O)c1ccc2sc(=O)sc2c1. The molecule has 0 spiro atoms. The summed E-state index contributed by atoms with van der Waals surface area (Å²) in [5.74, 6) is 0.0350. The van der Waals surface area contributed by atoms with Crippen LogP contribution in [0.5, 0.6) is 0 Å². The molecule has 2 nitrogen and oxygen atoms in total. The van der Waals surface area contributed by atoms with Crippen LogP contribution in [0.25, 0.3) is 9.40 Å². The molecule has 13 heavy (non-hydrogen) atoms. The van der Waals surface area contributed by atoms with Crippen molar-refractivity contribution in [3.05, 3.63) is 32.6 Å². The number of fused-ring (bicyclic) bond motifs is 1. The normalized spacial score (nSPS) is 10.5. The molecule has 4 heteroatoms. The van der Waals surface area contributed by atoms with E-state index in [9.17, 15) is 9.59 Å². The monoisotopic (exact) mass is 210 g/mol. The zero-order chi connectivity index (χ0) is 9.42. The maximum Gasteiger partial charge on any atom is 0.288 e. The van der Waals surface area contributed by atoms with Crippen LogP contribution in [-0.4, -0.2) is 5.78 Å². The van der Waals surface area contributed by atoms with Gasteiger partial charge in [-0.1, -0.05) is 22.7 Å². The summed E-state index contributed by atoms with van der Waals surface area (Å²) < 4.78 is 1.94. The van der Waals surface area contributed by atoms with Crippen molar-refractivity contribution in [1.29, 1.82) is 0 Å². The van der Waals surface area contributed by atoms with Gasteiger partial charge < -0.3 is 0 Å². The molecule has 0 saturated heterocycles. The Morgan fingerprint density at radius 2 is 1.92 bits per heavy atom. The third-order valence-electron chi connectivity index (χ3n) is 1.74. The first-order chi connectivity index (χ1) is 6.16. The second kappa shape index (κ2) is 3.05. The molecule has 0 radical (unpaired) electrons. The van der Waals surface area contributed by atoms with Crippen LogP contribution in [0.15, 0.2) is 23.0 Å². The Kier molecular flexibility index (Phi) is 2.01. The number of carbonyl (C=O) groups is 1. The standard InChI is InChI=1S/C9H6O2S2/c1-5(10)6-2-3-7-8(4-6)13-9(11)12-7/h2-4H,1H3. The molecular formula is C9H6O2S2. The number of Topliss-reactive ketones (excluding diaryl/α,β-unsaturated/α-hetero) is 1. The van der Waals surface area contributed by atoms with Crippen molar-refractivity contribution in [2.45, 2.75) is 6.92 Å². The van der Waals surface area contributed by atoms with Crippen molar-refractivity contribution in [2.75, 3.05) is 0 Å². The smallest absolute Gasteiger partial charge is 0.288 e. The van der Waals surface area contributed by atoms with Crippen LogP contribution in [0.1, 0.15) is 17.3 Å². The van der Waals surface area contributed by atoms with Crippen molar-refractivity contribution in [2.24, 2.45) is 0 Å². The van der Waals surface area contributed by atoms with Crippen molar-refractivity contribution in [3.63, 3.8) is 0 Å². The molecule has 0 N–H and O–H groups in total. The average molecular weight is 210 g/mol. The summed E-state index contributed by atoms with van der Waals surface area (Å²) in [6.07, 6.45) is 0. The van der Waals surface area contributed by atoms with E-state index in [1.807, 2.05) is 6.07 Å². The Morgan fingerprint density at radius 1 is 1.23 bits per heavy atom. The second-order valence-electron chi connectivity index (χ2n) is 2.67. The van der Waals surface area contributed by atoms with Crippen molar-refractivity contribution in [1.82, 2.24) is 0 Å². The van der Waals surface area contributed by atoms with Gasteiger partial charge in [-0.15, -0.1) is 0 Å². The lowest BCUT2D eigenvalue weighted by Gasteiger charge is -1.93. The molecule has 1 aromatic heterocycles. The fourth-order valence-corrected chi connectivity index (χ4v) is 3.06. The second-order valence-corrected chi connectivity index (χ2v) is 4.96. The van der Waals surface area contributed by atoms with Crippen LogP contribution in [0, 0.1) is 0 Å². The maximum absolute atomic E-state index is 11.0. The molecule has 0 bridgehead atoms. The highest BCUT2D eigenvalue weighted by Crippen LogP contribution is 2.22. The molecule has 1 aromatic carbocycles. The quantitative estimate of drug-likeness (QED) is 0.678. The molecule has 0 saturated carbocycles. The van der Waals surface area contributed by atoms with Crippen molar-refractivity contribution in [3.8, 4) is 0 Å². The predicted octanol–water partition coefficient (Wildman–Crippen LogP) is 2.53. The number of ketones is 1. The Balaban J connectivity index is 2.74. The van der Waals surface area contributed by atoms with Gasteiger partial charge in [-0.25, -0.2) is 0 Å². The summed E-state index contributed by atoms with van der Waals surface area (Å²) >= 11 is 2.42. The van der Waals surface area contributed by atoms with Crippen LogP contribution in [-0.2, 0) is 0 Å². The Labute approximate surface area is 82.5 Å². The minimum atomic E-state index is 0.0350. The number of benzene rings is 1. The summed E-state index contributed by atoms with van der Waals surface area (Å²) in [5.41, 5.74) is 0.668. The first-order valence-corrected chi connectivity index (χ1v) is 5.35. The Hall–Kier alpha value is -1.00. The van der Waals surface area contributed by atoms with Crippen LogP contribution >= 0.6 is 22.7 Å². The van der Waals surface area contributed by atoms with Gasteiger partial charge in [-0.05, 0) is 25.1 Å². The summed E-state index contributed by atoms with van der Waals surface area (Å²) in [6, 6.07) is 5.36. The number of hydrogen-bond donors (Lipinski definition) is 0. The molecule has 0 aliphatic heterocycles. The van der Waals surface area contributed by atoms with Gasteiger partial charge in [0.2, 0.25) is 0 Å². The molecule has 2 rings (SSSR count). The minimum Gasteiger partial charge on any atom is -0.295 e. The van der Waals surface area contributed by atoms with Crippen molar-refractivity contribution < 1.29 is 4.79 Å². The van der Waals surface area contributed by atoms with E-state index in [1.165, 1.54) is 29.6 Å². The van der Waals surface area contributed by atoms with Gasteiger partial charge >= 0.3 is 0 Å². The number of carbonyl (C=O) groups excluding carboxylic acids is 1. The molecular weight excluding hydrogens is 204 g/mol. The van der Waals surface area contributed by atoms with E-state index in [0.29, 0.717) is 5.56 Å². The molecule has 66 valence electrons. The maximum atomic E-state index is 11.0. The number of hydrogen-bond acceptors (Lipinski definition) is 4. The highest BCUT2D eigenvalue weighted by atomic mass is 32.2. The van der Waals surface area contributed by atoms with E-state index in [-0.39, 0.29) is 9.84 Å². The van der Waals surface area contributed by atoms with E-state index in [1.54, 1.807) is 12.1 Å². The third kappa shape index (κ3) is 1.55. The van der Waals surface area contributed by atoms with Gasteiger partial charge in [0.15, 0.2) is 5.78 Å². The Morgan fingerprint density at radius 3 is 2.62 bits per heavy atom. The first kappa shape index (κ1) is 8.59. The summed E-state index contributed by atoms with van der Waals surface area (Å²) in [5, 5.41) is 0. The lowest BCUT2D eigenvalue weighted by Crippen LogP contribution is -1.89. The van der Waals surface area contributed by atoms with E-state index in [4.69, 9.17) is 0 Å². The average Bonchev–Trinajstić information content (AvgIpc) is 2.42. The highest BCUT2D eigenvalue weighted by Gasteiger charge is 2.03. The number of rotatable bonds is 1. The summed E-state index contributed by atoms with van der Waals surface area (Å²) in [6.45, 7) is 1.52. The van der Waals surface area contributed by atoms with Gasteiger partial charge in [0.25, 0.3) is 4.06 Å². The highest BCUT2D eigenvalue weighted by molar-refractivity contribution is 7.35. The molecule has 0 aliphatic rings. The largest absolute Gasteiger partial charge is 0.295 e. The molecule has 0 atom stereocenters. The lowest BCUT2D eigenvalue weighted by molar-refractivity contribution is 0.101. The zero-order valence-electron chi connectivity index (χ0n) is 6.87. The molecule has 2 aromatic rings. The third-order valence-corrected chi connectivity index (χ3v) is 3.83. The molecule has 1 heterocycles. The molecule has 0 unspecified atom stereocenters. The minimum absolute atomic E-state index is 0.0350. The van der Waals surface area contributed by atoms with E-state index < -0.39 is 0 Å². The van der Waals surface area contributed by atoms with E-state index in [0.717, 1.165) is 9.40 Å². The van der Waals surface area contributed by atoms with Gasteiger partial charge in [0, 0.05) is 15.0 Å². The molecule has 0 aliphatic carbocycles. The van der Waals surface area contributed by atoms with Gasteiger partial charge in [-0.3, -0.25) is 9.59 Å². The van der Waals surface area contributed by atoms with Gasteiger partial charge in [0.05, 0.1) is 0 Å². The predicted molar refractivity (Wildman–Crippen MR) is 56.0 cm³/mol. The van der Waals surface area contributed by atoms with E-state index in [2.05, 4.69) is 0 Å². The van der Waals surface area contributed by atoms with Crippen LogP contribution in [0.2, 0.25) is 0 Å². The lowest BCUT2D eigenvalue weighted by atomic mass is 10.2. The molecule has 0 amide bonds. The first-order valence-electron chi connectivity index (χ1n) is 3.71. The van der Waals surface area contributed by atoms with Crippen LogP contribution in [0.3, 0.4) is 0 Å². The summed E-state index contributed by atoms with van der Waals surface area (Å²) in [4.78, 5) is 22.0. The van der Waals surface area contributed by atoms with Gasteiger partial charge in [0.1, 0.15) is 0 Å². The van der Waals surface area contributed by atoms with Crippen LogP contribution in [0.4, 0.5) is 0 Å². The fourth-order valence-electron chi connectivity index (χ4n) is 1.09. The van der Waals surface area contributed by atoms with Crippen LogP contribution < -0.4 is 4.06 Å². The Bertz CT molecular complexity index is 522. The zero-order valence-corrected chi connectivity index (χ0v) is 8.50. The van der Waals surface area contributed by atoms with E-state index >= 15 is 0 Å². The fraction of sp³-hybridized carbons (Fsp3) is 0.111. The van der Waals surface area contributed by atoms with Crippen molar-refractivity contribution >= 4 is 37.9 Å². The molecule has 0 fully saturated rings.